The Kier molecular flexibility index (Phi) is 26.6. The van der Waals surface area contributed by atoms with Crippen molar-refractivity contribution < 1.29 is 15.0 Å². The number of amides is 1. The van der Waals surface area contributed by atoms with Crippen LogP contribution in [0.15, 0.2) is 24.3 Å². The van der Waals surface area contributed by atoms with Crippen LogP contribution >= 0.6 is 0 Å². The number of aliphatic hydroxyl groups is 2. The number of carbonyl (C=O) groups excluding carboxylic acids is 1. The fourth-order valence-electron chi connectivity index (χ4n) is 4.29. The summed E-state index contributed by atoms with van der Waals surface area (Å²) in [5.74, 6) is -0.0787. The van der Waals surface area contributed by atoms with Gasteiger partial charge in [-0.25, -0.2) is 0 Å². The molecule has 0 radical (unpaired) electrons. The Hall–Kier alpha value is -1.13. The van der Waals surface area contributed by atoms with Gasteiger partial charge in [0.15, 0.2) is 0 Å². The summed E-state index contributed by atoms with van der Waals surface area (Å²) >= 11 is 0. The van der Waals surface area contributed by atoms with Gasteiger partial charge in [-0.2, -0.15) is 0 Å². The molecule has 2 atom stereocenters. The molecule has 0 aliphatic heterocycles. The maximum absolute atomic E-state index is 12.2. The normalized spacial score (nSPS) is 13.6. The third kappa shape index (κ3) is 24.3. The van der Waals surface area contributed by atoms with Gasteiger partial charge >= 0.3 is 0 Å². The zero-order valence-corrected chi connectivity index (χ0v) is 23.3. The van der Waals surface area contributed by atoms with Crippen molar-refractivity contribution in [3.8, 4) is 0 Å². The highest BCUT2D eigenvalue weighted by Gasteiger charge is 2.17. The monoisotopic (exact) mass is 493 g/mol. The molecule has 0 bridgehead atoms. The van der Waals surface area contributed by atoms with Crippen molar-refractivity contribution in [1.82, 2.24) is 5.32 Å². The van der Waals surface area contributed by atoms with Crippen LogP contribution in [-0.2, 0) is 4.79 Å². The molecule has 0 rings (SSSR count). The second-order valence-electron chi connectivity index (χ2n) is 10.2. The summed E-state index contributed by atoms with van der Waals surface area (Å²) in [6, 6.07) is -0.629. The second kappa shape index (κ2) is 27.5. The van der Waals surface area contributed by atoms with Crippen LogP contribution in [0.1, 0.15) is 149 Å². The number of allylic oxidation sites excluding steroid dienone is 3. The fraction of sp³-hybridized carbons (Fsp3) is 0.839. The van der Waals surface area contributed by atoms with Crippen molar-refractivity contribution in [2.24, 2.45) is 0 Å². The summed E-state index contributed by atoms with van der Waals surface area (Å²) in [5.41, 5.74) is 0. The van der Waals surface area contributed by atoms with Crippen LogP contribution < -0.4 is 5.32 Å². The fourth-order valence-corrected chi connectivity index (χ4v) is 4.29. The van der Waals surface area contributed by atoms with Crippen LogP contribution in [0.3, 0.4) is 0 Å². The second-order valence-corrected chi connectivity index (χ2v) is 10.2. The smallest absolute Gasteiger partial charge is 0.220 e. The lowest BCUT2D eigenvalue weighted by Gasteiger charge is -2.19. The predicted molar refractivity (Wildman–Crippen MR) is 152 cm³/mol. The number of hydrogen-bond donors (Lipinski definition) is 3. The van der Waals surface area contributed by atoms with E-state index in [1.807, 2.05) is 6.08 Å². The number of hydrogen-bond acceptors (Lipinski definition) is 3. The first kappa shape index (κ1) is 33.9. The van der Waals surface area contributed by atoms with Crippen LogP contribution in [0.4, 0.5) is 0 Å². The lowest BCUT2D eigenvalue weighted by molar-refractivity contribution is -0.123. The average Bonchev–Trinajstić information content (AvgIpc) is 2.86. The van der Waals surface area contributed by atoms with E-state index in [4.69, 9.17) is 0 Å². The zero-order valence-electron chi connectivity index (χ0n) is 23.3. The molecule has 0 aromatic carbocycles. The molecule has 0 aromatic heterocycles. The van der Waals surface area contributed by atoms with Crippen LogP contribution in [-0.4, -0.2) is 34.9 Å². The van der Waals surface area contributed by atoms with E-state index >= 15 is 0 Å². The third-order valence-electron chi connectivity index (χ3n) is 6.69. The molecule has 0 aromatic rings. The molecule has 206 valence electrons. The number of carbonyl (C=O) groups is 1. The van der Waals surface area contributed by atoms with Gasteiger partial charge in [0, 0.05) is 6.42 Å². The first-order chi connectivity index (χ1) is 17.2. The highest BCUT2D eigenvalue weighted by atomic mass is 16.3. The molecule has 4 heteroatoms. The lowest BCUT2D eigenvalue weighted by atomic mass is 10.0. The van der Waals surface area contributed by atoms with Crippen molar-refractivity contribution in [2.75, 3.05) is 6.61 Å². The van der Waals surface area contributed by atoms with Crippen molar-refractivity contribution >= 4 is 5.91 Å². The first-order valence-electron chi connectivity index (χ1n) is 15.1. The van der Waals surface area contributed by atoms with Crippen LogP contribution in [0.5, 0.6) is 0 Å². The van der Waals surface area contributed by atoms with Crippen LogP contribution in [0, 0.1) is 0 Å². The van der Waals surface area contributed by atoms with Crippen molar-refractivity contribution in [3.05, 3.63) is 24.3 Å². The van der Waals surface area contributed by atoms with Gasteiger partial charge in [0.1, 0.15) is 0 Å². The van der Waals surface area contributed by atoms with Crippen molar-refractivity contribution in [3.63, 3.8) is 0 Å². The Morgan fingerprint density at radius 2 is 1.11 bits per heavy atom. The average molecular weight is 494 g/mol. The largest absolute Gasteiger partial charge is 0.394 e. The standard InChI is InChI=1S/C31H59NO3/c1-3-5-7-9-11-13-14-15-16-17-18-19-21-23-25-27-31(35)32-29(28-33)30(34)26-24-22-20-12-10-8-6-4-2/h10,12,24,26,29-30,33-34H,3-9,11,13-23,25,27-28H2,1-2H3,(H,32,35)/b12-10+,26-24+. The summed E-state index contributed by atoms with van der Waals surface area (Å²) in [6.45, 7) is 4.20. The van der Waals surface area contributed by atoms with Crippen LogP contribution in [0.2, 0.25) is 0 Å². The maximum atomic E-state index is 12.2. The topological polar surface area (TPSA) is 69.6 Å². The Labute approximate surface area is 218 Å². The van der Waals surface area contributed by atoms with E-state index in [0.717, 1.165) is 32.1 Å². The maximum Gasteiger partial charge on any atom is 0.220 e. The van der Waals surface area contributed by atoms with Gasteiger partial charge in [-0.15, -0.1) is 0 Å². The Morgan fingerprint density at radius 3 is 1.63 bits per heavy atom. The summed E-state index contributed by atoms with van der Waals surface area (Å²) in [6.07, 6.45) is 32.6. The minimum Gasteiger partial charge on any atom is -0.394 e. The molecule has 35 heavy (non-hydrogen) atoms. The van der Waals surface area contributed by atoms with Gasteiger partial charge < -0.3 is 15.5 Å². The summed E-state index contributed by atoms with van der Waals surface area (Å²) in [7, 11) is 0. The molecule has 0 saturated heterocycles. The minimum atomic E-state index is -0.853. The van der Waals surface area contributed by atoms with E-state index in [1.54, 1.807) is 6.08 Å². The van der Waals surface area contributed by atoms with Crippen molar-refractivity contribution in [2.45, 2.75) is 161 Å². The van der Waals surface area contributed by atoms with E-state index < -0.39 is 12.1 Å². The molecule has 0 saturated carbocycles. The Morgan fingerprint density at radius 1 is 0.657 bits per heavy atom. The summed E-state index contributed by atoms with van der Waals surface area (Å²) < 4.78 is 0. The van der Waals surface area contributed by atoms with Gasteiger partial charge in [0.25, 0.3) is 0 Å². The molecule has 0 aliphatic carbocycles. The lowest BCUT2D eigenvalue weighted by Crippen LogP contribution is -2.45. The van der Waals surface area contributed by atoms with E-state index in [2.05, 4.69) is 31.3 Å². The number of aliphatic hydroxyl groups excluding tert-OH is 2. The van der Waals surface area contributed by atoms with Gasteiger partial charge in [0.2, 0.25) is 5.91 Å². The van der Waals surface area contributed by atoms with Gasteiger partial charge in [-0.05, 0) is 25.7 Å². The molecular formula is C31H59NO3. The van der Waals surface area contributed by atoms with Gasteiger partial charge in [-0.3, -0.25) is 4.79 Å². The number of rotatable bonds is 26. The zero-order chi connectivity index (χ0) is 25.8. The van der Waals surface area contributed by atoms with Crippen molar-refractivity contribution in [1.29, 1.82) is 0 Å². The molecule has 0 fully saturated rings. The van der Waals surface area contributed by atoms with E-state index in [9.17, 15) is 15.0 Å². The quantitative estimate of drug-likeness (QED) is 0.0840. The number of nitrogens with one attached hydrogen (secondary N) is 1. The van der Waals surface area contributed by atoms with Crippen LogP contribution in [0.25, 0.3) is 0 Å². The molecule has 0 aliphatic rings. The molecule has 1 amide bonds. The highest BCUT2D eigenvalue weighted by molar-refractivity contribution is 5.76. The van der Waals surface area contributed by atoms with E-state index in [-0.39, 0.29) is 12.5 Å². The highest BCUT2D eigenvalue weighted by Crippen LogP contribution is 2.14. The van der Waals surface area contributed by atoms with Gasteiger partial charge in [-0.1, -0.05) is 141 Å². The third-order valence-corrected chi connectivity index (χ3v) is 6.69. The predicted octanol–water partition coefficient (Wildman–Crippen LogP) is 8.17. The molecular weight excluding hydrogens is 434 g/mol. The Bertz CT molecular complexity index is 503. The molecule has 2 unspecified atom stereocenters. The molecule has 0 spiro atoms. The van der Waals surface area contributed by atoms with E-state index in [1.165, 1.54) is 96.3 Å². The Balaban J connectivity index is 3.64. The number of unbranched alkanes of at least 4 members (excludes halogenated alkanes) is 17. The SMILES string of the molecule is CCCC/C=C/CC/C=C/C(O)C(CO)NC(=O)CCCCCCCCCCCCCCCCC. The molecule has 0 heterocycles. The summed E-state index contributed by atoms with van der Waals surface area (Å²) in [4.78, 5) is 12.2. The summed E-state index contributed by atoms with van der Waals surface area (Å²) in [5, 5.41) is 22.6. The van der Waals surface area contributed by atoms with E-state index in [0.29, 0.717) is 6.42 Å². The molecule has 4 nitrogen and oxygen atoms in total. The van der Waals surface area contributed by atoms with Gasteiger partial charge in [0.05, 0.1) is 18.8 Å². The first-order valence-corrected chi connectivity index (χ1v) is 15.1. The molecule has 3 N–H and O–H groups in total. The minimum absolute atomic E-state index is 0.0787.